The molecule has 0 fully saturated rings. The van der Waals surface area contributed by atoms with Crippen molar-refractivity contribution in [1.82, 2.24) is 0 Å². The molecule has 5 heteroatoms. The molecule has 2 aromatic carbocycles. The van der Waals surface area contributed by atoms with Crippen LogP contribution in [0.1, 0.15) is 25.0 Å². The second-order valence-corrected chi connectivity index (χ2v) is 6.67. The van der Waals surface area contributed by atoms with Crippen molar-refractivity contribution in [3.8, 4) is 5.75 Å². The summed E-state index contributed by atoms with van der Waals surface area (Å²) in [6, 6.07) is 16.6. The molecule has 0 bridgehead atoms. The van der Waals surface area contributed by atoms with Gasteiger partial charge in [0.15, 0.2) is 0 Å². The Kier molecular flexibility index (Phi) is 6.77. The molecule has 0 aliphatic heterocycles. The molecule has 0 aliphatic carbocycles. The second kappa shape index (κ2) is 8.83. The standard InChI is InChI=1S/C21H27NO4/c1-15(16(2)21(22,24)18-7-5-4-6-8-18)14-26-19-11-9-17(10-12-19)13-20(23)25-3/h4-12,15-16,24H,13-14,22H2,1-3H3/t15?,16-,21+/m1/s1. The lowest BCUT2D eigenvalue weighted by molar-refractivity contribution is -0.139. The van der Waals surface area contributed by atoms with Crippen molar-refractivity contribution in [3.63, 3.8) is 0 Å². The van der Waals surface area contributed by atoms with Crippen LogP contribution in [0, 0.1) is 11.8 Å². The Morgan fingerprint density at radius 3 is 2.31 bits per heavy atom. The van der Waals surface area contributed by atoms with Crippen molar-refractivity contribution in [2.75, 3.05) is 13.7 Å². The number of ether oxygens (including phenoxy) is 2. The average Bonchev–Trinajstić information content (AvgIpc) is 2.67. The van der Waals surface area contributed by atoms with E-state index in [1.54, 1.807) is 0 Å². The highest BCUT2D eigenvalue weighted by Gasteiger charge is 2.34. The molecule has 0 aromatic heterocycles. The number of carbonyl (C=O) groups excluding carboxylic acids is 1. The van der Waals surface area contributed by atoms with Crippen LogP contribution in [0.3, 0.4) is 0 Å². The lowest BCUT2D eigenvalue weighted by atomic mass is 9.82. The maximum Gasteiger partial charge on any atom is 0.309 e. The van der Waals surface area contributed by atoms with E-state index in [1.807, 2.05) is 68.4 Å². The first-order valence-corrected chi connectivity index (χ1v) is 8.70. The zero-order chi connectivity index (χ0) is 19.2. The molecule has 0 saturated heterocycles. The van der Waals surface area contributed by atoms with Gasteiger partial charge in [0.1, 0.15) is 11.5 Å². The fourth-order valence-corrected chi connectivity index (χ4v) is 2.72. The largest absolute Gasteiger partial charge is 0.493 e. The Labute approximate surface area is 154 Å². The number of carbonyl (C=O) groups is 1. The molecule has 3 atom stereocenters. The SMILES string of the molecule is COC(=O)Cc1ccc(OCC(C)[C@@H](C)[C@](N)(O)c2ccccc2)cc1. The summed E-state index contributed by atoms with van der Waals surface area (Å²) in [5.41, 5.74) is 6.32. The van der Waals surface area contributed by atoms with E-state index < -0.39 is 5.72 Å². The highest BCUT2D eigenvalue weighted by atomic mass is 16.5. The molecule has 26 heavy (non-hydrogen) atoms. The Bertz CT molecular complexity index is 698. The topological polar surface area (TPSA) is 81.8 Å². The van der Waals surface area contributed by atoms with Gasteiger partial charge in [0.2, 0.25) is 0 Å². The Hall–Kier alpha value is -2.37. The Morgan fingerprint density at radius 2 is 1.73 bits per heavy atom. The first-order valence-electron chi connectivity index (χ1n) is 8.70. The number of rotatable bonds is 8. The van der Waals surface area contributed by atoms with Crippen LogP contribution in [0.25, 0.3) is 0 Å². The van der Waals surface area contributed by atoms with E-state index in [-0.39, 0.29) is 24.2 Å². The summed E-state index contributed by atoms with van der Waals surface area (Å²) in [5.74, 6) is 0.255. The first-order chi connectivity index (χ1) is 12.3. The summed E-state index contributed by atoms with van der Waals surface area (Å²) in [5, 5.41) is 10.7. The van der Waals surface area contributed by atoms with Crippen LogP contribution < -0.4 is 10.5 Å². The predicted octanol–water partition coefficient (Wildman–Crippen LogP) is 2.86. The zero-order valence-corrected chi connectivity index (χ0v) is 15.5. The van der Waals surface area contributed by atoms with Gasteiger partial charge in [0, 0.05) is 5.92 Å². The van der Waals surface area contributed by atoms with E-state index in [0.29, 0.717) is 17.9 Å². The monoisotopic (exact) mass is 357 g/mol. The molecule has 3 N–H and O–H groups in total. The molecule has 0 heterocycles. The molecule has 2 aromatic rings. The molecule has 0 amide bonds. The fraction of sp³-hybridized carbons (Fsp3) is 0.381. The fourth-order valence-electron chi connectivity index (χ4n) is 2.72. The van der Waals surface area contributed by atoms with Crippen molar-refractivity contribution >= 4 is 5.97 Å². The predicted molar refractivity (Wildman–Crippen MR) is 101 cm³/mol. The summed E-state index contributed by atoms with van der Waals surface area (Å²) in [4.78, 5) is 11.3. The molecule has 2 rings (SSSR count). The number of methoxy groups -OCH3 is 1. The van der Waals surface area contributed by atoms with Crippen molar-refractivity contribution in [2.24, 2.45) is 17.6 Å². The van der Waals surface area contributed by atoms with Crippen molar-refractivity contribution in [1.29, 1.82) is 0 Å². The highest BCUT2D eigenvalue weighted by molar-refractivity contribution is 5.72. The van der Waals surface area contributed by atoms with E-state index in [4.69, 9.17) is 10.5 Å². The van der Waals surface area contributed by atoms with Crippen LogP contribution in [0.5, 0.6) is 5.75 Å². The number of aliphatic hydroxyl groups is 1. The van der Waals surface area contributed by atoms with Crippen LogP contribution in [0.4, 0.5) is 0 Å². The summed E-state index contributed by atoms with van der Waals surface area (Å²) >= 11 is 0. The third-order valence-electron chi connectivity index (χ3n) is 4.80. The van der Waals surface area contributed by atoms with E-state index in [1.165, 1.54) is 7.11 Å². The van der Waals surface area contributed by atoms with E-state index in [9.17, 15) is 9.90 Å². The van der Waals surface area contributed by atoms with Crippen LogP contribution in [-0.2, 0) is 21.7 Å². The quantitative estimate of drug-likeness (QED) is 0.561. The maximum atomic E-state index is 11.3. The minimum atomic E-state index is -1.42. The third kappa shape index (κ3) is 5.07. The van der Waals surface area contributed by atoms with Crippen LogP contribution >= 0.6 is 0 Å². The van der Waals surface area contributed by atoms with E-state index >= 15 is 0 Å². The molecular formula is C21H27NO4. The van der Waals surface area contributed by atoms with Gasteiger partial charge in [-0.2, -0.15) is 0 Å². The minimum absolute atomic E-state index is 0.0277. The number of nitrogens with two attached hydrogens (primary N) is 1. The van der Waals surface area contributed by atoms with Crippen molar-refractivity contribution < 1.29 is 19.4 Å². The van der Waals surface area contributed by atoms with Crippen molar-refractivity contribution in [2.45, 2.75) is 26.0 Å². The molecule has 0 radical (unpaired) electrons. The normalized spacial score (nSPS) is 15.6. The molecule has 0 spiro atoms. The van der Waals surface area contributed by atoms with Gasteiger partial charge < -0.3 is 14.6 Å². The smallest absolute Gasteiger partial charge is 0.309 e. The van der Waals surface area contributed by atoms with Crippen LogP contribution in [0.2, 0.25) is 0 Å². The summed E-state index contributed by atoms with van der Waals surface area (Å²) in [6.45, 7) is 4.33. The van der Waals surface area contributed by atoms with Gasteiger partial charge in [-0.1, -0.05) is 56.3 Å². The van der Waals surface area contributed by atoms with Gasteiger partial charge in [0.25, 0.3) is 0 Å². The van der Waals surface area contributed by atoms with Crippen molar-refractivity contribution in [3.05, 3.63) is 65.7 Å². The third-order valence-corrected chi connectivity index (χ3v) is 4.80. The van der Waals surface area contributed by atoms with Gasteiger partial charge in [-0.05, 0) is 29.2 Å². The molecule has 140 valence electrons. The summed E-state index contributed by atoms with van der Waals surface area (Å²) in [6.07, 6.45) is 0.238. The number of benzene rings is 2. The highest BCUT2D eigenvalue weighted by Crippen LogP contribution is 2.30. The first kappa shape index (κ1) is 19.9. The average molecular weight is 357 g/mol. The van der Waals surface area contributed by atoms with E-state index in [0.717, 1.165) is 5.56 Å². The summed E-state index contributed by atoms with van der Waals surface area (Å²) < 4.78 is 10.5. The molecule has 0 aliphatic rings. The Morgan fingerprint density at radius 1 is 1.12 bits per heavy atom. The maximum absolute atomic E-state index is 11.3. The number of hydrogen-bond acceptors (Lipinski definition) is 5. The molecule has 1 unspecified atom stereocenters. The van der Waals surface area contributed by atoms with Gasteiger partial charge in [-0.3, -0.25) is 10.5 Å². The van der Waals surface area contributed by atoms with Crippen LogP contribution in [-0.4, -0.2) is 24.8 Å². The second-order valence-electron chi connectivity index (χ2n) is 6.67. The molecule has 0 saturated carbocycles. The van der Waals surface area contributed by atoms with Gasteiger partial charge in [-0.15, -0.1) is 0 Å². The molecule has 5 nitrogen and oxygen atoms in total. The van der Waals surface area contributed by atoms with Gasteiger partial charge >= 0.3 is 5.97 Å². The minimum Gasteiger partial charge on any atom is -0.493 e. The van der Waals surface area contributed by atoms with Gasteiger partial charge in [-0.25, -0.2) is 0 Å². The zero-order valence-electron chi connectivity index (χ0n) is 15.5. The van der Waals surface area contributed by atoms with Crippen LogP contribution in [0.15, 0.2) is 54.6 Å². The summed E-state index contributed by atoms with van der Waals surface area (Å²) in [7, 11) is 1.37. The number of hydrogen-bond donors (Lipinski definition) is 2. The van der Waals surface area contributed by atoms with Gasteiger partial charge in [0.05, 0.1) is 20.1 Å². The number of esters is 1. The molecular weight excluding hydrogens is 330 g/mol. The Balaban J connectivity index is 1.93. The van der Waals surface area contributed by atoms with E-state index in [2.05, 4.69) is 4.74 Å². The lowest BCUT2D eigenvalue weighted by Gasteiger charge is -2.34. The lowest BCUT2D eigenvalue weighted by Crippen LogP contribution is -2.46.